The number of carbonyl (C=O) groups is 3. The smallest absolute Gasteiger partial charge is 0.407 e. The molecule has 6 nitrogen and oxygen atoms in total. The van der Waals surface area contributed by atoms with Crippen LogP contribution < -0.4 is 5.32 Å². The van der Waals surface area contributed by atoms with Crippen LogP contribution in [0.2, 0.25) is 0 Å². The quantitative estimate of drug-likeness (QED) is 0.342. The van der Waals surface area contributed by atoms with Gasteiger partial charge in [-0.25, -0.2) is 4.79 Å². The highest BCUT2D eigenvalue weighted by molar-refractivity contribution is 14.1. The molecule has 158 valence electrons. The van der Waals surface area contributed by atoms with Crippen LogP contribution in [0.25, 0.3) is 11.1 Å². The van der Waals surface area contributed by atoms with Crippen LogP contribution in [0.15, 0.2) is 48.5 Å². The van der Waals surface area contributed by atoms with Crippen molar-refractivity contribution in [1.82, 2.24) is 5.32 Å². The molecule has 0 heterocycles. The third-order valence-corrected chi connectivity index (χ3v) is 5.45. The molecule has 3 rings (SSSR count). The Morgan fingerprint density at radius 1 is 1.00 bits per heavy atom. The van der Waals surface area contributed by atoms with Gasteiger partial charge in [-0.05, 0) is 43.0 Å². The maximum absolute atomic E-state index is 12.4. The summed E-state index contributed by atoms with van der Waals surface area (Å²) in [5.41, 5.74) is 3.79. The van der Waals surface area contributed by atoms with Crippen molar-refractivity contribution in [3.63, 3.8) is 0 Å². The third-order valence-electron chi connectivity index (χ3n) is 4.70. The fourth-order valence-corrected chi connectivity index (χ4v) is 3.90. The largest absolute Gasteiger partial charge is 0.460 e. The minimum Gasteiger partial charge on any atom is -0.460 e. The van der Waals surface area contributed by atoms with E-state index >= 15 is 0 Å². The van der Waals surface area contributed by atoms with Gasteiger partial charge in [0.2, 0.25) is 3.79 Å². The monoisotopic (exact) mass is 521 g/mol. The van der Waals surface area contributed by atoms with Gasteiger partial charge in [-0.15, -0.1) is 0 Å². The van der Waals surface area contributed by atoms with Crippen molar-refractivity contribution in [3.8, 4) is 11.1 Å². The highest BCUT2D eigenvalue weighted by Gasteiger charge is 2.30. The lowest BCUT2D eigenvalue weighted by molar-refractivity contribution is -0.155. The molecule has 1 amide bonds. The van der Waals surface area contributed by atoms with Gasteiger partial charge in [0.1, 0.15) is 18.2 Å². The number of hydrogen-bond acceptors (Lipinski definition) is 5. The molecule has 0 saturated heterocycles. The number of hydrogen-bond donors (Lipinski definition) is 1. The van der Waals surface area contributed by atoms with Crippen molar-refractivity contribution in [3.05, 3.63) is 59.7 Å². The molecule has 0 radical (unpaired) electrons. The van der Waals surface area contributed by atoms with E-state index in [-0.39, 0.29) is 22.7 Å². The molecule has 0 saturated carbocycles. The van der Waals surface area contributed by atoms with Gasteiger partial charge in [0, 0.05) is 28.5 Å². The van der Waals surface area contributed by atoms with E-state index in [4.69, 9.17) is 9.47 Å². The van der Waals surface area contributed by atoms with Crippen molar-refractivity contribution in [2.75, 3.05) is 6.61 Å². The summed E-state index contributed by atoms with van der Waals surface area (Å²) >= 11 is 1.56. The van der Waals surface area contributed by atoms with Crippen LogP contribution in [0.5, 0.6) is 0 Å². The number of esters is 1. The van der Waals surface area contributed by atoms with E-state index < -0.39 is 23.7 Å². The van der Waals surface area contributed by atoms with E-state index in [2.05, 4.69) is 17.4 Å². The fraction of sp³-hybridized carbons (Fsp3) is 0.348. The van der Waals surface area contributed by atoms with Crippen molar-refractivity contribution >= 4 is 38.4 Å². The van der Waals surface area contributed by atoms with Gasteiger partial charge in [0.05, 0.1) is 6.42 Å². The minimum atomic E-state index is -1.00. The predicted molar refractivity (Wildman–Crippen MR) is 121 cm³/mol. The number of ether oxygens (including phenoxy) is 2. The zero-order valence-electron chi connectivity index (χ0n) is 17.1. The molecule has 1 atom stereocenters. The van der Waals surface area contributed by atoms with Crippen LogP contribution in [0.4, 0.5) is 4.79 Å². The number of amides is 1. The molecule has 0 bridgehead atoms. The van der Waals surface area contributed by atoms with Gasteiger partial charge in [0.15, 0.2) is 0 Å². The molecule has 7 heteroatoms. The predicted octanol–water partition coefficient (Wildman–Crippen LogP) is 4.59. The van der Waals surface area contributed by atoms with E-state index in [1.165, 1.54) is 0 Å². The molecular formula is C23H24INO5. The van der Waals surface area contributed by atoms with Crippen molar-refractivity contribution in [1.29, 1.82) is 0 Å². The average molecular weight is 521 g/mol. The Labute approximate surface area is 189 Å². The highest BCUT2D eigenvalue weighted by Crippen LogP contribution is 2.44. The Hall–Kier alpha value is -2.42. The normalized spacial score (nSPS) is 13.7. The minimum absolute atomic E-state index is 0.0808. The maximum atomic E-state index is 12.4. The summed E-state index contributed by atoms with van der Waals surface area (Å²) in [4.78, 5) is 36.3. The van der Waals surface area contributed by atoms with Crippen LogP contribution in [-0.2, 0) is 19.1 Å². The Morgan fingerprint density at radius 3 is 2.03 bits per heavy atom. The number of rotatable bonds is 6. The number of benzene rings is 2. The van der Waals surface area contributed by atoms with E-state index in [1.54, 1.807) is 43.4 Å². The maximum Gasteiger partial charge on any atom is 0.407 e. The van der Waals surface area contributed by atoms with Crippen LogP contribution in [0.1, 0.15) is 44.2 Å². The second-order valence-corrected chi connectivity index (χ2v) is 9.18. The highest BCUT2D eigenvalue weighted by atomic mass is 127. The van der Waals surface area contributed by atoms with Crippen LogP contribution >= 0.6 is 22.6 Å². The lowest BCUT2D eigenvalue weighted by Gasteiger charge is -2.21. The molecule has 0 spiro atoms. The van der Waals surface area contributed by atoms with Gasteiger partial charge in [-0.2, -0.15) is 0 Å². The van der Waals surface area contributed by atoms with E-state index in [1.807, 2.05) is 36.4 Å². The molecule has 1 N–H and O–H groups in total. The molecule has 1 aliphatic rings. The van der Waals surface area contributed by atoms with Gasteiger partial charge < -0.3 is 14.8 Å². The number of halogens is 1. The molecule has 30 heavy (non-hydrogen) atoms. The molecule has 0 aromatic heterocycles. The number of nitrogens with one attached hydrogen (secondary N) is 1. The molecule has 2 aromatic rings. The zero-order valence-corrected chi connectivity index (χ0v) is 19.3. The first-order valence-electron chi connectivity index (χ1n) is 9.68. The summed E-state index contributed by atoms with van der Waals surface area (Å²) in [6, 6.07) is 15.1. The Balaban J connectivity index is 1.64. The third kappa shape index (κ3) is 5.38. The zero-order chi connectivity index (χ0) is 21.9. The lowest BCUT2D eigenvalue weighted by atomic mass is 9.98. The summed E-state index contributed by atoms with van der Waals surface area (Å²) in [6.45, 7) is 5.36. The molecule has 1 aliphatic carbocycles. The van der Waals surface area contributed by atoms with E-state index in [0.29, 0.717) is 0 Å². The fourth-order valence-electron chi connectivity index (χ4n) is 3.52. The van der Waals surface area contributed by atoms with Crippen LogP contribution in [0.3, 0.4) is 0 Å². The number of carbonyl (C=O) groups excluding carboxylic acids is 3. The number of fused-ring (bicyclic) bond motifs is 3. The van der Waals surface area contributed by atoms with Crippen molar-refractivity contribution in [2.24, 2.45) is 0 Å². The molecule has 2 aromatic carbocycles. The second-order valence-electron chi connectivity index (χ2n) is 8.12. The summed E-state index contributed by atoms with van der Waals surface area (Å²) in [5, 5.41) is 2.49. The van der Waals surface area contributed by atoms with Gasteiger partial charge in [-0.1, -0.05) is 48.5 Å². The number of alkyl carbamates (subject to hydrolysis) is 1. The molecule has 1 unspecified atom stereocenters. The molecule has 0 fully saturated rings. The first kappa shape index (κ1) is 22.3. The first-order valence-corrected chi connectivity index (χ1v) is 10.8. The van der Waals surface area contributed by atoms with Gasteiger partial charge in [0.25, 0.3) is 0 Å². The Kier molecular flexibility index (Phi) is 6.80. The van der Waals surface area contributed by atoms with Crippen molar-refractivity contribution in [2.45, 2.75) is 44.8 Å². The topological polar surface area (TPSA) is 81.7 Å². The first-order chi connectivity index (χ1) is 14.2. The summed E-state index contributed by atoms with van der Waals surface area (Å²) < 4.78 is 10.3. The Bertz CT molecular complexity index is 921. The SMILES string of the molecule is CC(C)(C)OC(=O)CC(NC(=O)OCC1c2ccccc2-c2ccccc21)C(=O)I. The van der Waals surface area contributed by atoms with Crippen LogP contribution in [-0.4, -0.2) is 34.1 Å². The standard InChI is InChI=1S/C23H24INO5/c1-23(2,3)30-20(26)12-19(21(24)27)25-22(28)29-13-18-16-10-6-4-8-14(16)15-9-5-7-11-17(15)18/h4-11,18-19H,12-13H2,1-3H3,(H,25,28). The van der Waals surface area contributed by atoms with Crippen molar-refractivity contribution < 1.29 is 23.9 Å². The summed E-state index contributed by atoms with van der Waals surface area (Å²) in [7, 11) is 0. The Morgan fingerprint density at radius 2 is 1.53 bits per heavy atom. The van der Waals surface area contributed by atoms with E-state index in [0.717, 1.165) is 22.3 Å². The lowest BCUT2D eigenvalue weighted by Crippen LogP contribution is -2.42. The second kappa shape index (κ2) is 9.16. The van der Waals surface area contributed by atoms with E-state index in [9.17, 15) is 14.4 Å². The summed E-state index contributed by atoms with van der Waals surface area (Å²) in [6.07, 6.45) is -0.987. The summed E-state index contributed by atoms with van der Waals surface area (Å²) in [5.74, 6) is -0.640. The molecular weight excluding hydrogens is 497 g/mol. The van der Waals surface area contributed by atoms with Crippen LogP contribution in [0, 0.1) is 0 Å². The van der Waals surface area contributed by atoms with Gasteiger partial charge in [-0.3, -0.25) is 9.59 Å². The molecule has 0 aliphatic heterocycles. The average Bonchev–Trinajstić information content (AvgIpc) is 2.98. The van der Waals surface area contributed by atoms with Gasteiger partial charge >= 0.3 is 12.1 Å².